The van der Waals surface area contributed by atoms with Gasteiger partial charge in [0.25, 0.3) is 5.91 Å². The standard InChI is InChI=1S/C22H23N5O3/c1-26-18-10-6-5-9-16(18)24-19(26)14-23-20(28)13-17-21(29)27(22(30)25-17)12-11-15-7-3-2-4-8-15/h2-10,17H,11-14H2,1H3,(H,23,28)(H,25,30)/t17-/m0/s1. The van der Waals surface area contributed by atoms with Crippen LogP contribution in [0.5, 0.6) is 0 Å². The van der Waals surface area contributed by atoms with Crippen LogP contribution < -0.4 is 10.6 Å². The number of aromatic nitrogens is 2. The first-order valence-corrected chi connectivity index (χ1v) is 9.86. The van der Waals surface area contributed by atoms with Gasteiger partial charge in [-0.1, -0.05) is 42.5 Å². The summed E-state index contributed by atoms with van der Waals surface area (Å²) in [6.07, 6.45) is 0.474. The highest BCUT2D eigenvalue weighted by Crippen LogP contribution is 2.15. The van der Waals surface area contributed by atoms with Crippen LogP contribution in [-0.4, -0.2) is 44.9 Å². The molecule has 154 valence electrons. The predicted octanol–water partition coefficient (Wildman–Crippen LogP) is 1.74. The molecule has 1 aliphatic rings. The molecule has 8 nitrogen and oxygen atoms in total. The van der Waals surface area contributed by atoms with Crippen molar-refractivity contribution in [1.29, 1.82) is 0 Å². The number of fused-ring (bicyclic) bond motifs is 1. The topological polar surface area (TPSA) is 96.3 Å². The van der Waals surface area contributed by atoms with E-state index in [1.54, 1.807) is 0 Å². The molecule has 1 atom stereocenters. The molecule has 1 fully saturated rings. The summed E-state index contributed by atoms with van der Waals surface area (Å²) in [5, 5.41) is 5.40. The van der Waals surface area contributed by atoms with Gasteiger partial charge in [-0.15, -0.1) is 0 Å². The number of carbonyl (C=O) groups excluding carboxylic acids is 3. The third kappa shape index (κ3) is 4.03. The molecule has 0 aliphatic carbocycles. The quantitative estimate of drug-likeness (QED) is 0.585. The Kier molecular flexibility index (Phi) is 5.47. The first kappa shape index (κ1) is 19.6. The molecule has 8 heteroatoms. The highest BCUT2D eigenvalue weighted by Gasteiger charge is 2.38. The Bertz CT molecular complexity index is 1090. The number of hydrogen-bond acceptors (Lipinski definition) is 4. The van der Waals surface area contributed by atoms with E-state index in [9.17, 15) is 14.4 Å². The fraction of sp³-hybridized carbons (Fsp3) is 0.273. The number of imidazole rings is 1. The lowest BCUT2D eigenvalue weighted by molar-refractivity contribution is -0.130. The van der Waals surface area contributed by atoms with Gasteiger partial charge in [-0.2, -0.15) is 0 Å². The van der Waals surface area contributed by atoms with E-state index >= 15 is 0 Å². The second-order valence-electron chi connectivity index (χ2n) is 7.28. The van der Waals surface area contributed by atoms with Crippen molar-refractivity contribution in [3.8, 4) is 0 Å². The minimum Gasteiger partial charge on any atom is -0.349 e. The van der Waals surface area contributed by atoms with E-state index in [1.807, 2.05) is 66.2 Å². The summed E-state index contributed by atoms with van der Waals surface area (Å²) >= 11 is 0. The van der Waals surface area contributed by atoms with Crippen LogP contribution in [0, 0.1) is 0 Å². The van der Waals surface area contributed by atoms with Crippen molar-refractivity contribution in [2.75, 3.05) is 6.54 Å². The maximum absolute atomic E-state index is 12.6. The Hall–Kier alpha value is -3.68. The number of nitrogens with zero attached hydrogens (tertiary/aromatic N) is 3. The highest BCUT2D eigenvalue weighted by molar-refractivity contribution is 6.05. The zero-order valence-electron chi connectivity index (χ0n) is 16.7. The first-order chi connectivity index (χ1) is 14.5. The van der Waals surface area contributed by atoms with Gasteiger partial charge in [0.2, 0.25) is 5.91 Å². The second kappa shape index (κ2) is 8.36. The second-order valence-corrected chi connectivity index (χ2v) is 7.28. The number of rotatable bonds is 7. The number of para-hydroxylation sites is 2. The molecule has 0 saturated carbocycles. The molecule has 0 bridgehead atoms. The first-order valence-electron chi connectivity index (χ1n) is 9.86. The van der Waals surface area contributed by atoms with Crippen molar-refractivity contribution in [3.63, 3.8) is 0 Å². The normalized spacial score (nSPS) is 16.2. The molecule has 2 aromatic carbocycles. The van der Waals surface area contributed by atoms with Crippen LogP contribution in [0.2, 0.25) is 0 Å². The summed E-state index contributed by atoms with van der Waals surface area (Å²) in [5.74, 6) is 0.0373. The van der Waals surface area contributed by atoms with Gasteiger partial charge in [-0.25, -0.2) is 9.78 Å². The van der Waals surface area contributed by atoms with Crippen LogP contribution in [0.1, 0.15) is 17.8 Å². The van der Waals surface area contributed by atoms with E-state index in [0.717, 1.165) is 22.4 Å². The maximum atomic E-state index is 12.6. The summed E-state index contributed by atoms with van der Waals surface area (Å²) in [6, 6.07) is 16.1. The minimum atomic E-state index is -0.839. The lowest BCUT2D eigenvalue weighted by atomic mass is 10.1. The molecule has 0 unspecified atom stereocenters. The molecular weight excluding hydrogens is 382 g/mol. The average Bonchev–Trinajstić information content (AvgIpc) is 3.21. The van der Waals surface area contributed by atoms with Gasteiger partial charge in [-0.3, -0.25) is 14.5 Å². The minimum absolute atomic E-state index is 0.101. The summed E-state index contributed by atoms with van der Waals surface area (Å²) in [4.78, 5) is 42.8. The average molecular weight is 405 g/mol. The SMILES string of the molecule is Cn1c(CNC(=O)C[C@@H]2NC(=O)N(CCc3ccccc3)C2=O)nc2ccccc21. The van der Waals surface area contributed by atoms with Crippen molar-refractivity contribution in [2.45, 2.75) is 25.4 Å². The van der Waals surface area contributed by atoms with E-state index in [0.29, 0.717) is 6.42 Å². The molecule has 1 aliphatic heterocycles. The van der Waals surface area contributed by atoms with Crippen molar-refractivity contribution < 1.29 is 14.4 Å². The molecule has 1 saturated heterocycles. The number of urea groups is 1. The van der Waals surface area contributed by atoms with E-state index in [-0.39, 0.29) is 31.3 Å². The van der Waals surface area contributed by atoms with Crippen LogP contribution in [0.15, 0.2) is 54.6 Å². The van der Waals surface area contributed by atoms with Gasteiger partial charge in [-0.05, 0) is 24.1 Å². The number of hydrogen-bond donors (Lipinski definition) is 2. The zero-order chi connectivity index (χ0) is 21.1. The van der Waals surface area contributed by atoms with E-state index in [4.69, 9.17) is 0 Å². The summed E-state index contributed by atoms with van der Waals surface area (Å²) in [6.45, 7) is 0.531. The molecule has 4 rings (SSSR count). The largest absolute Gasteiger partial charge is 0.349 e. The van der Waals surface area contributed by atoms with E-state index < -0.39 is 12.1 Å². The van der Waals surface area contributed by atoms with Gasteiger partial charge in [0.1, 0.15) is 11.9 Å². The molecule has 2 N–H and O–H groups in total. The van der Waals surface area contributed by atoms with Crippen LogP contribution in [0.4, 0.5) is 4.79 Å². The van der Waals surface area contributed by atoms with E-state index in [1.165, 1.54) is 4.90 Å². The molecule has 0 radical (unpaired) electrons. The van der Waals surface area contributed by atoms with Crippen molar-refractivity contribution in [3.05, 3.63) is 66.0 Å². The Morgan fingerprint density at radius 2 is 1.83 bits per heavy atom. The number of benzene rings is 2. The van der Waals surface area contributed by atoms with Gasteiger partial charge >= 0.3 is 6.03 Å². The summed E-state index contributed by atoms with van der Waals surface area (Å²) in [7, 11) is 1.89. The van der Waals surface area contributed by atoms with Crippen molar-refractivity contribution in [2.24, 2.45) is 7.05 Å². The molecule has 2 heterocycles. The molecule has 4 amide bonds. The van der Waals surface area contributed by atoms with Gasteiger partial charge in [0, 0.05) is 13.6 Å². The third-order valence-corrected chi connectivity index (χ3v) is 5.29. The van der Waals surface area contributed by atoms with Gasteiger partial charge < -0.3 is 15.2 Å². The van der Waals surface area contributed by atoms with Crippen LogP contribution in [-0.2, 0) is 29.6 Å². The third-order valence-electron chi connectivity index (χ3n) is 5.29. The molecule has 1 aromatic heterocycles. The lowest BCUT2D eigenvalue weighted by Crippen LogP contribution is -2.37. The van der Waals surface area contributed by atoms with Gasteiger partial charge in [0.05, 0.1) is 24.0 Å². The highest BCUT2D eigenvalue weighted by atomic mass is 16.2. The zero-order valence-corrected chi connectivity index (χ0v) is 16.7. The summed E-state index contributed by atoms with van der Waals surface area (Å²) < 4.78 is 1.92. The molecular formula is C22H23N5O3. The number of nitrogens with one attached hydrogen (secondary N) is 2. The fourth-order valence-corrected chi connectivity index (χ4v) is 3.60. The molecule has 0 spiro atoms. The number of carbonyl (C=O) groups is 3. The smallest absolute Gasteiger partial charge is 0.324 e. The fourth-order valence-electron chi connectivity index (χ4n) is 3.60. The van der Waals surface area contributed by atoms with E-state index in [2.05, 4.69) is 15.6 Å². The monoisotopic (exact) mass is 405 g/mol. The Labute approximate surface area is 173 Å². The van der Waals surface area contributed by atoms with Gasteiger partial charge in [0.15, 0.2) is 0 Å². The predicted molar refractivity (Wildman–Crippen MR) is 111 cm³/mol. The Morgan fingerprint density at radius 1 is 1.10 bits per heavy atom. The lowest BCUT2D eigenvalue weighted by Gasteiger charge is -2.13. The van der Waals surface area contributed by atoms with Crippen molar-refractivity contribution >= 4 is 28.9 Å². The Balaban J connectivity index is 1.31. The van der Waals surface area contributed by atoms with Crippen LogP contribution >= 0.6 is 0 Å². The number of amides is 4. The van der Waals surface area contributed by atoms with Crippen LogP contribution in [0.3, 0.4) is 0 Å². The van der Waals surface area contributed by atoms with Crippen LogP contribution in [0.25, 0.3) is 11.0 Å². The number of aryl methyl sites for hydroxylation is 1. The summed E-state index contributed by atoms with van der Waals surface area (Å²) in [5.41, 5.74) is 2.88. The maximum Gasteiger partial charge on any atom is 0.324 e. The Morgan fingerprint density at radius 3 is 2.60 bits per heavy atom. The number of imide groups is 1. The molecule has 30 heavy (non-hydrogen) atoms. The molecule has 3 aromatic rings. The van der Waals surface area contributed by atoms with Crippen molar-refractivity contribution in [1.82, 2.24) is 25.1 Å².